The highest BCUT2D eigenvalue weighted by atomic mass is 127. The molecule has 0 amide bonds. The van der Waals surface area contributed by atoms with Crippen molar-refractivity contribution in [2.75, 3.05) is 0 Å². The van der Waals surface area contributed by atoms with Crippen LogP contribution in [0.15, 0.2) is 109 Å². The van der Waals surface area contributed by atoms with Crippen molar-refractivity contribution in [1.82, 2.24) is 0 Å². The third kappa shape index (κ3) is 3.57. The van der Waals surface area contributed by atoms with Gasteiger partial charge in [0.1, 0.15) is 0 Å². The van der Waals surface area contributed by atoms with Crippen LogP contribution in [0.1, 0.15) is 22.3 Å². The van der Waals surface area contributed by atoms with Crippen LogP contribution in [0.5, 0.6) is 0 Å². The first-order chi connectivity index (χ1) is 13.2. The zero-order valence-corrected chi connectivity index (χ0v) is 19.0. The number of halogens is 2. The van der Waals surface area contributed by atoms with Crippen molar-refractivity contribution < 1.29 is 0 Å². The van der Waals surface area contributed by atoms with Crippen LogP contribution in [-0.4, -0.2) is 0 Å². The van der Waals surface area contributed by atoms with Crippen LogP contribution in [-0.2, 0) is 5.41 Å². The molecule has 0 spiro atoms. The van der Waals surface area contributed by atoms with Crippen molar-refractivity contribution in [2.45, 2.75) is 5.41 Å². The number of benzene rings is 4. The van der Waals surface area contributed by atoms with Gasteiger partial charge in [-0.25, -0.2) is 0 Å². The third-order valence-electron chi connectivity index (χ3n) is 4.97. The standard InChI is InChI=1S/C25H18I2/c26-23-15-11-21(12-16-23)25(19-7-3-1-4-8-19,20-9-5-2-6-10-20)22-13-17-24(27)18-14-22/h1-18H. The van der Waals surface area contributed by atoms with Crippen molar-refractivity contribution in [3.8, 4) is 0 Å². The summed E-state index contributed by atoms with van der Waals surface area (Å²) < 4.78 is 2.49. The summed E-state index contributed by atoms with van der Waals surface area (Å²) in [5, 5.41) is 0. The van der Waals surface area contributed by atoms with Crippen molar-refractivity contribution in [3.05, 3.63) is 139 Å². The molecule has 0 N–H and O–H groups in total. The van der Waals surface area contributed by atoms with Gasteiger partial charge in [0, 0.05) is 7.14 Å². The molecule has 0 bridgehead atoms. The molecule has 0 aliphatic rings. The average Bonchev–Trinajstić information content (AvgIpc) is 2.73. The molecule has 27 heavy (non-hydrogen) atoms. The minimum absolute atomic E-state index is 0.350. The normalized spacial score (nSPS) is 11.3. The fourth-order valence-corrected chi connectivity index (χ4v) is 4.50. The van der Waals surface area contributed by atoms with Gasteiger partial charge in [0.25, 0.3) is 0 Å². The van der Waals surface area contributed by atoms with Crippen LogP contribution < -0.4 is 0 Å². The summed E-state index contributed by atoms with van der Waals surface area (Å²) >= 11 is 4.74. The van der Waals surface area contributed by atoms with Crippen LogP contribution in [0, 0.1) is 7.14 Å². The second kappa shape index (κ2) is 8.15. The van der Waals surface area contributed by atoms with Crippen molar-refractivity contribution in [1.29, 1.82) is 0 Å². The Bertz CT molecular complexity index is 918. The van der Waals surface area contributed by atoms with Crippen molar-refractivity contribution in [2.24, 2.45) is 0 Å². The molecular weight excluding hydrogens is 554 g/mol. The molecule has 0 aliphatic carbocycles. The lowest BCUT2D eigenvalue weighted by Crippen LogP contribution is -2.31. The van der Waals surface area contributed by atoms with Crippen molar-refractivity contribution >= 4 is 45.2 Å². The fourth-order valence-electron chi connectivity index (χ4n) is 3.78. The molecule has 4 aromatic rings. The Morgan fingerprint density at radius 3 is 1.00 bits per heavy atom. The van der Waals surface area contributed by atoms with Gasteiger partial charge in [-0.3, -0.25) is 0 Å². The summed E-state index contributed by atoms with van der Waals surface area (Å²) in [6.07, 6.45) is 0. The topological polar surface area (TPSA) is 0 Å². The highest BCUT2D eigenvalue weighted by Crippen LogP contribution is 2.45. The molecule has 4 aromatic carbocycles. The van der Waals surface area contributed by atoms with E-state index in [0.717, 1.165) is 0 Å². The van der Waals surface area contributed by atoms with E-state index in [2.05, 4.69) is 154 Å². The molecule has 0 radical (unpaired) electrons. The van der Waals surface area contributed by atoms with Crippen LogP contribution in [0.4, 0.5) is 0 Å². The van der Waals surface area contributed by atoms with Gasteiger partial charge in [0.2, 0.25) is 0 Å². The molecule has 0 fully saturated rings. The predicted molar refractivity (Wildman–Crippen MR) is 130 cm³/mol. The monoisotopic (exact) mass is 572 g/mol. The van der Waals surface area contributed by atoms with E-state index in [1.54, 1.807) is 0 Å². The van der Waals surface area contributed by atoms with Gasteiger partial charge in [-0.05, 0) is 91.7 Å². The lowest BCUT2D eigenvalue weighted by atomic mass is 9.65. The smallest absolute Gasteiger partial charge is 0.0622 e. The summed E-state index contributed by atoms with van der Waals surface area (Å²) in [7, 11) is 0. The first-order valence-corrected chi connectivity index (χ1v) is 11.0. The molecule has 0 aromatic heterocycles. The van der Waals surface area contributed by atoms with E-state index in [9.17, 15) is 0 Å². The predicted octanol–water partition coefficient (Wildman–Crippen LogP) is 7.28. The third-order valence-corrected chi connectivity index (χ3v) is 6.41. The Balaban J connectivity index is 2.11. The Labute approximate surface area is 187 Å². The largest absolute Gasteiger partial charge is 0.0701 e. The number of rotatable bonds is 4. The maximum absolute atomic E-state index is 2.37. The highest BCUT2D eigenvalue weighted by Gasteiger charge is 2.38. The minimum atomic E-state index is -0.350. The molecule has 0 unspecified atom stereocenters. The van der Waals surface area contributed by atoms with Crippen LogP contribution in [0.2, 0.25) is 0 Å². The van der Waals surface area contributed by atoms with E-state index < -0.39 is 0 Å². The fraction of sp³-hybridized carbons (Fsp3) is 0.0400. The van der Waals surface area contributed by atoms with E-state index in [-0.39, 0.29) is 5.41 Å². The van der Waals surface area contributed by atoms with Gasteiger partial charge in [-0.1, -0.05) is 84.9 Å². The van der Waals surface area contributed by atoms with Gasteiger partial charge >= 0.3 is 0 Å². The van der Waals surface area contributed by atoms with Gasteiger partial charge in [0.15, 0.2) is 0 Å². The highest BCUT2D eigenvalue weighted by molar-refractivity contribution is 14.1. The Morgan fingerprint density at radius 1 is 0.370 bits per heavy atom. The van der Waals surface area contributed by atoms with E-state index in [4.69, 9.17) is 0 Å². The maximum Gasteiger partial charge on any atom is 0.0701 e. The van der Waals surface area contributed by atoms with E-state index in [0.29, 0.717) is 0 Å². The summed E-state index contributed by atoms with van der Waals surface area (Å²) in [5.74, 6) is 0. The zero-order chi connectivity index (χ0) is 18.7. The van der Waals surface area contributed by atoms with Crippen LogP contribution in [0.3, 0.4) is 0 Å². The molecular formula is C25H18I2. The lowest BCUT2D eigenvalue weighted by Gasteiger charge is -2.37. The average molecular weight is 572 g/mol. The molecule has 0 heterocycles. The van der Waals surface area contributed by atoms with Crippen LogP contribution >= 0.6 is 45.2 Å². The summed E-state index contributed by atoms with van der Waals surface area (Å²) in [6.45, 7) is 0. The van der Waals surface area contributed by atoms with Crippen molar-refractivity contribution in [3.63, 3.8) is 0 Å². The first-order valence-electron chi connectivity index (χ1n) is 8.84. The number of hydrogen-bond acceptors (Lipinski definition) is 0. The Morgan fingerprint density at radius 2 is 0.667 bits per heavy atom. The molecule has 0 nitrogen and oxygen atoms in total. The molecule has 0 atom stereocenters. The molecule has 4 rings (SSSR count). The molecule has 0 saturated heterocycles. The molecule has 0 aliphatic heterocycles. The van der Waals surface area contributed by atoms with Gasteiger partial charge in [0.05, 0.1) is 5.41 Å². The number of hydrogen-bond donors (Lipinski definition) is 0. The second-order valence-electron chi connectivity index (χ2n) is 6.50. The minimum Gasteiger partial charge on any atom is -0.0622 e. The van der Waals surface area contributed by atoms with Gasteiger partial charge in [-0.15, -0.1) is 0 Å². The van der Waals surface area contributed by atoms with E-state index in [1.807, 2.05) is 0 Å². The molecule has 0 saturated carbocycles. The zero-order valence-electron chi connectivity index (χ0n) is 14.6. The second-order valence-corrected chi connectivity index (χ2v) is 8.99. The molecule has 2 heteroatoms. The Kier molecular flexibility index (Phi) is 5.64. The van der Waals surface area contributed by atoms with Crippen LogP contribution in [0.25, 0.3) is 0 Å². The van der Waals surface area contributed by atoms with Gasteiger partial charge in [-0.2, -0.15) is 0 Å². The Hall–Kier alpha value is -1.66. The summed E-state index contributed by atoms with van der Waals surface area (Å²) in [6, 6.07) is 39.5. The summed E-state index contributed by atoms with van der Waals surface area (Å²) in [4.78, 5) is 0. The first kappa shape index (κ1) is 18.7. The maximum atomic E-state index is 2.37. The quantitative estimate of drug-likeness (QED) is 0.178. The summed E-state index contributed by atoms with van der Waals surface area (Å²) in [5.41, 5.74) is 4.76. The van der Waals surface area contributed by atoms with E-state index in [1.165, 1.54) is 29.4 Å². The SMILES string of the molecule is Ic1ccc(C(c2ccccc2)(c2ccccc2)c2ccc(I)cc2)cc1. The van der Waals surface area contributed by atoms with Gasteiger partial charge < -0.3 is 0 Å². The lowest BCUT2D eigenvalue weighted by molar-refractivity contribution is 0.744. The molecule has 132 valence electrons. The van der Waals surface area contributed by atoms with E-state index >= 15 is 0 Å².